The predicted molar refractivity (Wildman–Crippen MR) is 76.1 cm³/mol. The fourth-order valence-corrected chi connectivity index (χ4v) is 2.56. The van der Waals surface area contributed by atoms with Gasteiger partial charge in [-0.3, -0.25) is 4.98 Å². The van der Waals surface area contributed by atoms with E-state index in [4.69, 9.17) is 0 Å². The highest BCUT2D eigenvalue weighted by atomic mass is 16.3. The molecule has 6 heteroatoms. The van der Waals surface area contributed by atoms with Crippen molar-refractivity contribution in [3.8, 4) is 5.82 Å². The fourth-order valence-electron chi connectivity index (χ4n) is 2.56. The molecule has 106 valence electrons. The number of aliphatic hydroxyl groups is 1. The van der Waals surface area contributed by atoms with Crippen LogP contribution in [0.2, 0.25) is 0 Å². The monoisotopic (exact) mass is 273 g/mol. The topological polar surface area (TPSA) is 67.1 Å². The van der Waals surface area contributed by atoms with Gasteiger partial charge >= 0.3 is 0 Å². The van der Waals surface area contributed by atoms with E-state index >= 15 is 0 Å². The molecule has 0 atom stereocenters. The van der Waals surface area contributed by atoms with Crippen LogP contribution >= 0.6 is 0 Å². The summed E-state index contributed by atoms with van der Waals surface area (Å²) in [5.41, 5.74) is 2.01. The lowest BCUT2D eigenvalue weighted by atomic mass is 10.1. The van der Waals surface area contributed by atoms with E-state index in [0.29, 0.717) is 0 Å². The minimum Gasteiger partial charge on any atom is -0.393 e. The van der Waals surface area contributed by atoms with E-state index in [9.17, 15) is 5.11 Å². The summed E-state index contributed by atoms with van der Waals surface area (Å²) in [4.78, 5) is 11.1. The Bertz CT molecular complexity index is 601. The van der Waals surface area contributed by atoms with E-state index in [0.717, 1.165) is 49.0 Å². The molecule has 3 rings (SSSR count). The van der Waals surface area contributed by atoms with Gasteiger partial charge in [-0.05, 0) is 32.8 Å². The van der Waals surface area contributed by atoms with Crippen molar-refractivity contribution in [3.63, 3.8) is 0 Å². The zero-order valence-electron chi connectivity index (χ0n) is 11.8. The molecule has 0 spiro atoms. The predicted octanol–water partition coefficient (Wildman–Crippen LogP) is 1.24. The highest BCUT2D eigenvalue weighted by Gasteiger charge is 2.19. The van der Waals surface area contributed by atoms with E-state index in [1.165, 1.54) is 0 Å². The van der Waals surface area contributed by atoms with Crippen molar-refractivity contribution in [1.82, 2.24) is 19.7 Å². The second-order valence-corrected chi connectivity index (χ2v) is 5.29. The maximum absolute atomic E-state index is 9.57. The molecule has 1 aliphatic heterocycles. The van der Waals surface area contributed by atoms with Crippen LogP contribution in [0.4, 0.5) is 5.82 Å². The summed E-state index contributed by atoms with van der Waals surface area (Å²) in [5.74, 6) is 1.58. The Hall–Kier alpha value is -1.95. The summed E-state index contributed by atoms with van der Waals surface area (Å²) in [6.07, 6.45) is 4.88. The highest BCUT2D eigenvalue weighted by Crippen LogP contribution is 2.18. The van der Waals surface area contributed by atoms with Gasteiger partial charge in [-0.1, -0.05) is 0 Å². The van der Waals surface area contributed by atoms with Crippen LogP contribution in [0, 0.1) is 13.8 Å². The van der Waals surface area contributed by atoms with Gasteiger partial charge in [-0.25, -0.2) is 9.67 Å². The third kappa shape index (κ3) is 2.51. The fraction of sp³-hybridized carbons (Fsp3) is 0.500. The zero-order valence-corrected chi connectivity index (χ0v) is 11.8. The van der Waals surface area contributed by atoms with Crippen molar-refractivity contribution in [2.45, 2.75) is 32.8 Å². The molecular formula is C14H19N5O. The first-order chi connectivity index (χ1) is 9.63. The van der Waals surface area contributed by atoms with Crippen LogP contribution in [0.5, 0.6) is 0 Å². The molecule has 0 radical (unpaired) electrons. The lowest BCUT2D eigenvalue weighted by molar-refractivity contribution is 0.145. The normalized spacial score (nSPS) is 16.6. The van der Waals surface area contributed by atoms with Crippen molar-refractivity contribution >= 4 is 5.82 Å². The van der Waals surface area contributed by atoms with Crippen molar-refractivity contribution in [2.24, 2.45) is 0 Å². The number of hydrogen-bond donors (Lipinski definition) is 1. The van der Waals surface area contributed by atoms with Crippen LogP contribution in [0.3, 0.4) is 0 Å². The van der Waals surface area contributed by atoms with Crippen LogP contribution in [-0.4, -0.2) is 44.0 Å². The van der Waals surface area contributed by atoms with Crippen LogP contribution < -0.4 is 4.90 Å². The summed E-state index contributed by atoms with van der Waals surface area (Å²) in [6, 6.07) is 2.02. The van der Waals surface area contributed by atoms with E-state index < -0.39 is 0 Å². The Morgan fingerprint density at radius 2 is 1.85 bits per heavy atom. The molecule has 2 aromatic heterocycles. The van der Waals surface area contributed by atoms with Crippen LogP contribution in [-0.2, 0) is 0 Å². The number of hydrogen-bond acceptors (Lipinski definition) is 5. The van der Waals surface area contributed by atoms with Crippen LogP contribution in [0.25, 0.3) is 5.82 Å². The minimum atomic E-state index is -0.182. The third-order valence-electron chi connectivity index (χ3n) is 3.62. The first-order valence-electron chi connectivity index (χ1n) is 6.92. The van der Waals surface area contributed by atoms with Gasteiger partial charge in [0.05, 0.1) is 24.2 Å². The third-order valence-corrected chi connectivity index (χ3v) is 3.62. The Morgan fingerprint density at radius 1 is 1.15 bits per heavy atom. The highest BCUT2D eigenvalue weighted by molar-refractivity contribution is 5.40. The smallest absolute Gasteiger partial charge is 0.174 e. The van der Waals surface area contributed by atoms with E-state index in [2.05, 4.69) is 20.0 Å². The summed E-state index contributed by atoms with van der Waals surface area (Å²) >= 11 is 0. The quantitative estimate of drug-likeness (QED) is 0.891. The number of nitrogens with zero attached hydrogens (tertiary/aromatic N) is 5. The largest absolute Gasteiger partial charge is 0.393 e. The van der Waals surface area contributed by atoms with Crippen molar-refractivity contribution < 1.29 is 5.11 Å². The SMILES string of the molecule is Cc1cc(C)n(-c2cncc(N3CCC(O)CC3)n2)n1. The number of aliphatic hydroxyl groups excluding tert-OH is 1. The number of anilines is 1. The zero-order chi connectivity index (χ0) is 14.1. The first kappa shape index (κ1) is 13.1. The Balaban J connectivity index is 1.88. The summed E-state index contributed by atoms with van der Waals surface area (Å²) < 4.78 is 1.81. The van der Waals surface area contributed by atoms with Crippen molar-refractivity contribution in [2.75, 3.05) is 18.0 Å². The molecule has 1 aliphatic rings. The number of aryl methyl sites for hydroxylation is 2. The molecule has 2 aromatic rings. The maximum atomic E-state index is 9.57. The molecule has 0 unspecified atom stereocenters. The van der Waals surface area contributed by atoms with Gasteiger partial charge in [0.15, 0.2) is 5.82 Å². The standard InChI is InChI=1S/C14H19N5O/c1-10-7-11(2)19(17-10)14-9-15-8-13(16-14)18-5-3-12(20)4-6-18/h7-9,12,20H,3-6H2,1-2H3. The van der Waals surface area contributed by atoms with Gasteiger partial charge < -0.3 is 10.0 Å². The molecule has 0 amide bonds. The molecule has 20 heavy (non-hydrogen) atoms. The molecule has 3 heterocycles. The average molecular weight is 273 g/mol. The van der Waals surface area contributed by atoms with Gasteiger partial charge in [0, 0.05) is 18.8 Å². The second-order valence-electron chi connectivity index (χ2n) is 5.29. The molecule has 1 N–H and O–H groups in total. The van der Waals surface area contributed by atoms with Crippen molar-refractivity contribution in [3.05, 3.63) is 29.8 Å². The minimum absolute atomic E-state index is 0.182. The molecule has 6 nitrogen and oxygen atoms in total. The molecular weight excluding hydrogens is 254 g/mol. The maximum Gasteiger partial charge on any atom is 0.174 e. The molecule has 1 fully saturated rings. The average Bonchev–Trinajstić information content (AvgIpc) is 2.79. The van der Waals surface area contributed by atoms with Crippen LogP contribution in [0.15, 0.2) is 18.5 Å². The number of piperidine rings is 1. The van der Waals surface area contributed by atoms with E-state index in [-0.39, 0.29) is 6.10 Å². The second kappa shape index (κ2) is 5.20. The first-order valence-corrected chi connectivity index (χ1v) is 6.92. The summed E-state index contributed by atoms with van der Waals surface area (Å²) in [6.45, 7) is 5.60. The summed E-state index contributed by atoms with van der Waals surface area (Å²) in [5, 5.41) is 14.0. The summed E-state index contributed by atoms with van der Waals surface area (Å²) in [7, 11) is 0. The van der Waals surface area contributed by atoms with E-state index in [1.807, 2.05) is 24.6 Å². The lowest BCUT2D eigenvalue weighted by Gasteiger charge is -2.30. The molecule has 0 aromatic carbocycles. The van der Waals surface area contributed by atoms with Crippen molar-refractivity contribution in [1.29, 1.82) is 0 Å². The number of aromatic nitrogens is 4. The van der Waals surface area contributed by atoms with Crippen LogP contribution in [0.1, 0.15) is 24.2 Å². The van der Waals surface area contributed by atoms with Gasteiger partial charge in [0.2, 0.25) is 0 Å². The Morgan fingerprint density at radius 3 is 2.50 bits per heavy atom. The van der Waals surface area contributed by atoms with Gasteiger partial charge in [0.25, 0.3) is 0 Å². The van der Waals surface area contributed by atoms with Gasteiger partial charge in [-0.2, -0.15) is 5.10 Å². The molecule has 0 bridgehead atoms. The van der Waals surface area contributed by atoms with E-state index in [1.54, 1.807) is 12.4 Å². The Kier molecular flexibility index (Phi) is 3.40. The lowest BCUT2D eigenvalue weighted by Crippen LogP contribution is -2.36. The molecule has 0 saturated carbocycles. The number of rotatable bonds is 2. The molecule has 0 aliphatic carbocycles. The van der Waals surface area contributed by atoms with Gasteiger partial charge in [0.1, 0.15) is 5.82 Å². The Labute approximate surface area is 118 Å². The van der Waals surface area contributed by atoms with Gasteiger partial charge in [-0.15, -0.1) is 0 Å². The molecule has 1 saturated heterocycles.